The first-order valence-corrected chi connectivity index (χ1v) is 10.6. The van der Waals surface area contributed by atoms with Crippen molar-refractivity contribution in [1.82, 2.24) is 15.3 Å². The molecule has 4 rings (SSSR count). The van der Waals surface area contributed by atoms with Crippen LogP contribution in [0.2, 0.25) is 5.15 Å². The first-order valence-electron chi connectivity index (χ1n) is 10.3. The van der Waals surface area contributed by atoms with E-state index >= 15 is 0 Å². The minimum absolute atomic E-state index is 0.0185. The number of pyridine rings is 2. The number of hydrogen-bond acceptors (Lipinski definition) is 5. The molecule has 2 aliphatic rings. The lowest BCUT2D eigenvalue weighted by atomic mass is 9.89. The number of amides is 1. The van der Waals surface area contributed by atoms with Crippen LogP contribution in [0.25, 0.3) is 0 Å². The van der Waals surface area contributed by atoms with E-state index in [1.54, 1.807) is 12.3 Å². The molecule has 0 spiro atoms. The van der Waals surface area contributed by atoms with Crippen LogP contribution in [0.1, 0.15) is 52.1 Å². The Balaban J connectivity index is 1.53. The van der Waals surface area contributed by atoms with Crippen molar-refractivity contribution >= 4 is 17.5 Å². The van der Waals surface area contributed by atoms with Crippen molar-refractivity contribution in [3.63, 3.8) is 0 Å². The van der Waals surface area contributed by atoms with Crippen molar-refractivity contribution in [2.45, 2.75) is 44.6 Å². The molecule has 2 atom stereocenters. The van der Waals surface area contributed by atoms with Crippen molar-refractivity contribution < 1.29 is 14.6 Å². The second-order valence-electron chi connectivity index (χ2n) is 7.87. The lowest BCUT2D eigenvalue weighted by molar-refractivity contribution is -0.0425. The van der Waals surface area contributed by atoms with Gasteiger partial charge in [0.1, 0.15) is 10.8 Å². The molecule has 3 heterocycles. The fourth-order valence-electron chi connectivity index (χ4n) is 4.11. The molecule has 0 aromatic carbocycles. The Labute approximate surface area is 175 Å². The van der Waals surface area contributed by atoms with Gasteiger partial charge in [-0.1, -0.05) is 17.7 Å². The summed E-state index contributed by atoms with van der Waals surface area (Å²) >= 11 is 5.91. The number of halogens is 1. The predicted octanol–water partition coefficient (Wildman–Crippen LogP) is 2.73. The van der Waals surface area contributed by atoms with E-state index in [0.29, 0.717) is 37.0 Å². The molecule has 0 saturated carbocycles. The number of rotatable bonds is 5. The van der Waals surface area contributed by atoms with Gasteiger partial charge in [-0.15, -0.1) is 0 Å². The molecule has 6 nitrogen and oxygen atoms in total. The van der Waals surface area contributed by atoms with E-state index in [1.165, 1.54) is 5.56 Å². The van der Waals surface area contributed by atoms with Crippen molar-refractivity contribution in [2.24, 2.45) is 5.92 Å². The molecule has 2 N–H and O–H groups in total. The summed E-state index contributed by atoms with van der Waals surface area (Å²) in [6, 6.07) is 5.67. The lowest BCUT2D eigenvalue weighted by Crippen LogP contribution is -2.40. The Bertz CT molecular complexity index is 872. The minimum atomic E-state index is -0.534. The van der Waals surface area contributed by atoms with Crippen LogP contribution < -0.4 is 5.32 Å². The zero-order valence-electron chi connectivity index (χ0n) is 16.4. The summed E-state index contributed by atoms with van der Waals surface area (Å²) in [6.45, 7) is 1.38. The molecule has 154 valence electrons. The van der Waals surface area contributed by atoms with Crippen LogP contribution in [0.15, 0.2) is 24.4 Å². The summed E-state index contributed by atoms with van der Waals surface area (Å²) in [7, 11) is 0. The molecule has 1 amide bonds. The molecular formula is C22H26ClN3O3. The molecule has 7 heteroatoms. The summed E-state index contributed by atoms with van der Waals surface area (Å²) in [6.07, 6.45) is 6.84. The number of fused-ring (bicyclic) bond motifs is 1. The molecule has 29 heavy (non-hydrogen) atoms. The average molecular weight is 416 g/mol. The first-order chi connectivity index (χ1) is 14.1. The molecule has 2 aromatic rings. The van der Waals surface area contributed by atoms with E-state index < -0.39 is 6.10 Å². The maximum absolute atomic E-state index is 12.8. The summed E-state index contributed by atoms with van der Waals surface area (Å²) in [5.41, 5.74) is 4.94. The van der Waals surface area contributed by atoms with Crippen LogP contribution in [0.3, 0.4) is 0 Å². The number of aryl methyl sites for hydroxylation is 1. The number of nitrogens with zero attached hydrogens (tertiary/aromatic N) is 2. The number of nitrogens with one attached hydrogen (secondary N) is 1. The maximum atomic E-state index is 12.8. The lowest BCUT2D eigenvalue weighted by Gasteiger charge is -2.27. The van der Waals surface area contributed by atoms with Crippen molar-refractivity contribution in [2.75, 3.05) is 19.8 Å². The Kier molecular flexibility index (Phi) is 6.43. The molecule has 1 fully saturated rings. The molecule has 1 aliphatic carbocycles. The zero-order chi connectivity index (χ0) is 20.2. The number of aliphatic hydroxyl groups is 1. The van der Waals surface area contributed by atoms with Gasteiger partial charge in [0.25, 0.3) is 5.91 Å². The van der Waals surface area contributed by atoms with Crippen molar-refractivity contribution in [3.05, 3.63) is 57.6 Å². The number of carbonyl (C=O) groups excluding carboxylic acids is 1. The quantitative estimate of drug-likeness (QED) is 0.733. The van der Waals surface area contributed by atoms with Gasteiger partial charge in [0.2, 0.25) is 0 Å². The van der Waals surface area contributed by atoms with E-state index in [-0.39, 0.29) is 11.8 Å². The summed E-state index contributed by atoms with van der Waals surface area (Å²) in [5, 5.41) is 13.5. The highest BCUT2D eigenvalue weighted by atomic mass is 35.5. The number of hydrogen-bond donors (Lipinski definition) is 2. The van der Waals surface area contributed by atoms with Gasteiger partial charge in [-0.25, -0.2) is 9.97 Å². The molecule has 1 saturated heterocycles. The van der Waals surface area contributed by atoms with Crippen molar-refractivity contribution in [3.8, 4) is 0 Å². The van der Waals surface area contributed by atoms with Gasteiger partial charge in [0.05, 0.1) is 12.7 Å². The zero-order valence-corrected chi connectivity index (χ0v) is 17.1. The van der Waals surface area contributed by atoms with E-state index in [2.05, 4.69) is 15.3 Å². The largest absolute Gasteiger partial charge is 0.390 e. The highest BCUT2D eigenvalue weighted by Crippen LogP contribution is 2.26. The fraction of sp³-hybridized carbons (Fsp3) is 0.500. The molecule has 0 bridgehead atoms. The topological polar surface area (TPSA) is 84.3 Å². The molecule has 0 radical (unpaired) electrons. The summed E-state index contributed by atoms with van der Waals surface area (Å²) in [4.78, 5) is 21.7. The van der Waals surface area contributed by atoms with Gasteiger partial charge in [-0.2, -0.15) is 0 Å². The predicted molar refractivity (Wildman–Crippen MR) is 110 cm³/mol. The van der Waals surface area contributed by atoms with E-state index in [9.17, 15) is 9.90 Å². The van der Waals surface area contributed by atoms with Gasteiger partial charge in [-0.05, 0) is 67.3 Å². The highest BCUT2D eigenvalue weighted by Gasteiger charge is 2.25. The number of aliphatic hydroxyl groups excluding tert-OH is 1. The van der Waals surface area contributed by atoms with Crippen LogP contribution in [0.5, 0.6) is 0 Å². The third-order valence-corrected chi connectivity index (χ3v) is 6.02. The standard InChI is InChI=1S/C22H26ClN3O3/c23-21-6-5-14(11-24-21)9-16-10-19(26-18-4-2-1-3-17(16)18)22(28)25-12-15-7-8-29-13-20(15)27/h5-6,10-11,15,20,27H,1-4,7-9,12-13H2,(H,25,28). The van der Waals surface area contributed by atoms with Crippen LogP contribution in [0, 0.1) is 5.92 Å². The van der Waals surface area contributed by atoms with E-state index in [1.807, 2.05) is 12.1 Å². The molecular weight excluding hydrogens is 390 g/mol. The molecule has 2 aromatic heterocycles. The average Bonchev–Trinajstić information content (AvgIpc) is 2.74. The third-order valence-electron chi connectivity index (χ3n) is 5.80. The SMILES string of the molecule is O=C(NCC1CCOCC1O)c1cc(Cc2ccc(Cl)nc2)c2c(n1)CCCC2. The Morgan fingerprint density at radius 3 is 2.97 bits per heavy atom. The van der Waals surface area contributed by atoms with Gasteiger partial charge >= 0.3 is 0 Å². The normalized spacial score (nSPS) is 21.4. The Morgan fingerprint density at radius 1 is 1.31 bits per heavy atom. The highest BCUT2D eigenvalue weighted by molar-refractivity contribution is 6.29. The number of carbonyl (C=O) groups is 1. The monoisotopic (exact) mass is 415 g/mol. The van der Waals surface area contributed by atoms with Gasteiger partial charge in [0.15, 0.2) is 0 Å². The van der Waals surface area contributed by atoms with Gasteiger partial charge in [0, 0.05) is 31.0 Å². The van der Waals surface area contributed by atoms with E-state index in [0.717, 1.165) is 48.9 Å². The Hall–Kier alpha value is -2.02. The van der Waals surface area contributed by atoms with Gasteiger partial charge in [-0.3, -0.25) is 4.79 Å². The first kappa shape index (κ1) is 20.3. The maximum Gasteiger partial charge on any atom is 0.269 e. The summed E-state index contributed by atoms with van der Waals surface area (Å²) < 4.78 is 5.26. The second kappa shape index (κ2) is 9.20. The van der Waals surface area contributed by atoms with Crippen LogP contribution >= 0.6 is 11.6 Å². The van der Waals surface area contributed by atoms with E-state index in [4.69, 9.17) is 16.3 Å². The van der Waals surface area contributed by atoms with Crippen LogP contribution in [0.4, 0.5) is 0 Å². The Morgan fingerprint density at radius 2 is 2.17 bits per heavy atom. The second-order valence-corrected chi connectivity index (χ2v) is 8.25. The number of aromatic nitrogens is 2. The molecule has 1 aliphatic heterocycles. The van der Waals surface area contributed by atoms with Gasteiger partial charge < -0.3 is 15.2 Å². The van der Waals surface area contributed by atoms with Crippen molar-refractivity contribution in [1.29, 1.82) is 0 Å². The smallest absolute Gasteiger partial charge is 0.269 e. The fourth-order valence-corrected chi connectivity index (χ4v) is 4.22. The van der Waals surface area contributed by atoms with Crippen LogP contribution in [-0.4, -0.2) is 46.8 Å². The van der Waals surface area contributed by atoms with Crippen LogP contribution in [-0.2, 0) is 24.0 Å². The molecule has 2 unspecified atom stereocenters. The number of ether oxygens (including phenoxy) is 1. The summed E-state index contributed by atoms with van der Waals surface area (Å²) in [5.74, 6) is -0.169. The minimum Gasteiger partial charge on any atom is -0.390 e. The third kappa shape index (κ3) is 4.94.